The van der Waals surface area contributed by atoms with Gasteiger partial charge >= 0.3 is 0 Å². The van der Waals surface area contributed by atoms with Crippen LogP contribution in [0.2, 0.25) is 0 Å². The molecular formula is C12H15N5O2. The lowest BCUT2D eigenvalue weighted by molar-refractivity contribution is 0.0944. The van der Waals surface area contributed by atoms with E-state index in [1.54, 1.807) is 6.07 Å². The number of aromatic nitrogens is 3. The topological polar surface area (TPSA) is 99.0 Å². The molecule has 0 atom stereocenters. The molecule has 1 aliphatic carbocycles. The summed E-state index contributed by atoms with van der Waals surface area (Å²) in [6, 6.07) is 1.59. The Labute approximate surface area is 109 Å². The number of carbonyl (C=O) groups excluding carboxylic acids is 1. The van der Waals surface area contributed by atoms with E-state index in [9.17, 15) is 4.79 Å². The molecule has 2 aromatic heterocycles. The second-order valence-corrected chi connectivity index (χ2v) is 4.62. The smallest absolute Gasteiger partial charge is 0.287 e. The molecule has 2 aromatic rings. The van der Waals surface area contributed by atoms with E-state index in [-0.39, 0.29) is 5.69 Å². The first kappa shape index (κ1) is 11.9. The van der Waals surface area contributed by atoms with Gasteiger partial charge in [0.1, 0.15) is 0 Å². The molecule has 0 spiro atoms. The highest BCUT2D eigenvalue weighted by molar-refractivity contribution is 5.91. The van der Waals surface area contributed by atoms with Gasteiger partial charge in [-0.25, -0.2) is 10.8 Å². The zero-order chi connectivity index (χ0) is 13.2. The van der Waals surface area contributed by atoms with Crippen LogP contribution in [0.5, 0.6) is 0 Å². The van der Waals surface area contributed by atoms with Crippen molar-refractivity contribution < 1.29 is 9.32 Å². The van der Waals surface area contributed by atoms with Crippen LogP contribution in [0.25, 0.3) is 0 Å². The van der Waals surface area contributed by atoms with Gasteiger partial charge in [-0.3, -0.25) is 10.2 Å². The minimum atomic E-state index is -0.456. The van der Waals surface area contributed by atoms with Crippen LogP contribution < -0.4 is 11.3 Å². The van der Waals surface area contributed by atoms with Gasteiger partial charge < -0.3 is 9.09 Å². The van der Waals surface area contributed by atoms with Crippen LogP contribution in [0.4, 0.5) is 0 Å². The summed E-state index contributed by atoms with van der Waals surface area (Å²) < 4.78 is 7.19. The lowest BCUT2D eigenvalue weighted by Gasteiger charge is -2.12. The van der Waals surface area contributed by atoms with E-state index >= 15 is 0 Å². The number of nitrogens with one attached hydrogen (secondary N) is 1. The molecule has 0 saturated heterocycles. The molecule has 0 saturated carbocycles. The maximum Gasteiger partial charge on any atom is 0.287 e. The van der Waals surface area contributed by atoms with E-state index in [0.717, 1.165) is 12.8 Å². The van der Waals surface area contributed by atoms with Crippen LogP contribution in [-0.2, 0) is 19.4 Å². The van der Waals surface area contributed by atoms with E-state index < -0.39 is 5.91 Å². The van der Waals surface area contributed by atoms with Gasteiger partial charge in [0.15, 0.2) is 11.5 Å². The number of hydrogen-bond donors (Lipinski definition) is 2. The van der Waals surface area contributed by atoms with Gasteiger partial charge in [-0.2, -0.15) is 0 Å². The first-order valence-electron chi connectivity index (χ1n) is 6.27. The molecule has 0 aliphatic heterocycles. The van der Waals surface area contributed by atoms with Gasteiger partial charge in [0.2, 0.25) is 0 Å². The predicted molar refractivity (Wildman–Crippen MR) is 66.1 cm³/mol. The molecule has 19 heavy (non-hydrogen) atoms. The Morgan fingerprint density at radius 3 is 3.16 bits per heavy atom. The van der Waals surface area contributed by atoms with Crippen LogP contribution in [0.15, 0.2) is 16.9 Å². The SMILES string of the molecule is NNC(=O)c1cc(Cn2cnc3c2CCCC3)on1. The molecule has 0 aromatic carbocycles. The van der Waals surface area contributed by atoms with Crippen LogP contribution in [-0.4, -0.2) is 20.6 Å². The van der Waals surface area contributed by atoms with Gasteiger partial charge in [0.05, 0.1) is 18.6 Å². The third-order valence-electron chi connectivity index (χ3n) is 3.36. The number of nitrogens with two attached hydrogens (primary N) is 1. The summed E-state index contributed by atoms with van der Waals surface area (Å²) in [5, 5.41) is 3.68. The number of imidazole rings is 1. The molecule has 1 amide bonds. The van der Waals surface area contributed by atoms with Crippen molar-refractivity contribution in [2.24, 2.45) is 5.84 Å². The van der Waals surface area contributed by atoms with E-state index in [1.165, 1.54) is 24.2 Å². The predicted octanol–water partition coefficient (Wildman–Crippen LogP) is 0.402. The van der Waals surface area contributed by atoms with Crippen LogP contribution >= 0.6 is 0 Å². The van der Waals surface area contributed by atoms with E-state index in [1.807, 2.05) is 11.8 Å². The first-order valence-corrected chi connectivity index (χ1v) is 6.27. The van der Waals surface area contributed by atoms with Crippen molar-refractivity contribution in [1.82, 2.24) is 20.1 Å². The molecule has 3 N–H and O–H groups in total. The molecule has 0 unspecified atom stereocenters. The fourth-order valence-electron chi connectivity index (χ4n) is 2.40. The zero-order valence-corrected chi connectivity index (χ0v) is 10.4. The summed E-state index contributed by atoms with van der Waals surface area (Å²) in [7, 11) is 0. The molecular weight excluding hydrogens is 246 g/mol. The van der Waals surface area contributed by atoms with Crippen molar-refractivity contribution in [3.05, 3.63) is 35.2 Å². The van der Waals surface area contributed by atoms with Crippen molar-refractivity contribution in [2.75, 3.05) is 0 Å². The monoisotopic (exact) mass is 261 g/mol. The summed E-state index contributed by atoms with van der Waals surface area (Å²) in [4.78, 5) is 15.7. The van der Waals surface area contributed by atoms with Gasteiger partial charge in [0.25, 0.3) is 5.91 Å². The fourth-order valence-corrected chi connectivity index (χ4v) is 2.40. The number of nitrogens with zero attached hydrogens (tertiary/aromatic N) is 3. The maximum absolute atomic E-state index is 11.3. The number of aryl methyl sites for hydroxylation is 1. The maximum atomic E-state index is 11.3. The number of fused-ring (bicyclic) bond motifs is 1. The molecule has 0 radical (unpaired) electrons. The van der Waals surface area contributed by atoms with E-state index in [0.29, 0.717) is 12.3 Å². The minimum Gasteiger partial charge on any atom is -0.359 e. The van der Waals surface area contributed by atoms with Crippen LogP contribution in [0.3, 0.4) is 0 Å². The summed E-state index contributed by atoms with van der Waals surface area (Å²) in [5.41, 5.74) is 4.64. The number of hydrazine groups is 1. The summed E-state index contributed by atoms with van der Waals surface area (Å²) >= 11 is 0. The Kier molecular flexibility index (Phi) is 3.04. The molecule has 1 aliphatic rings. The highest BCUT2D eigenvalue weighted by atomic mass is 16.5. The number of hydrogen-bond acceptors (Lipinski definition) is 5. The lowest BCUT2D eigenvalue weighted by Crippen LogP contribution is -2.30. The lowest BCUT2D eigenvalue weighted by atomic mass is 10.0. The number of nitrogen functional groups attached to an aromatic ring is 1. The first-order chi connectivity index (χ1) is 9.28. The molecule has 100 valence electrons. The van der Waals surface area contributed by atoms with E-state index in [2.05, 4.69) is 14.7 Å². The quantitative estimate of drug-likeness (QED) is 0.473. The van der Waals surface area contributed by atoms with Crippen molar-refractivity contribution in [3.63, 3.8) is 0 Å². The van der Waals surface area contributed by atoms with Gasteiger partial charge in [-0.1, -0.05) is 5.16 Å². The van der Waals surface area contributed by atoms with Crippen molar-refractivity contribution >= 4 is 5.91 Å². The third kappa shape index (κ3) is 2.24. The Bertz CT molecular complexity index is 601. The van der Waals surface area contributed by atoms with Crippen LogP contribution in [0.1, 0.15) is 40.5 Å². The Morgan fingerprint density at radius 2 is 2.32 bits per heavy atom. The second-order valence-electron chi connectivity index (χ2n) is 4.62. The van der Waals surface area contributed by atoms with Gasteiger partial charge in [-0.05, 0) is 25.7 Å². The van der Waals surface area contributed by atoms with Crippen molar-refractivity contribution in [2.45, 2.75) is 32.2 Å². The molecule has 0 fully saturated rings. The van der Waals surface area contributed by atoms with Crippen molar-refractivity contribution in [1.29, 1.82) is 0 Å². The molecule has 7 heteroatoms. The molecule has 7 nitrogen and oxygen atoms in total. The molecule has 2 heterocycles. The summed E-state index contributed by atoms with van der Waals surface area (Å²) in [6.45, 7) is 0.535. The number of rotatable bonds is 3. The van der Waals surface area contributed by atoms with E-state index in [4.69, 9.17) is 10.4 Å². The average molecular weight is 261 g/mol. The molecule has 3 rings (SSSR count). The summed E-state index contributed by atoms with van der Waals surface area (Å²) in [6.07, 6.45) is 6.30. The Hall–Kier alpha value is -2.15. The third-order valence-corrected chi connectivity index (χ3v) is 3.36. The van der Waals surface area contributed by atoms with Gasteiger partial charge in [0, 0.05) is 11.8 Å². The fraction of sp³-hybridized carbons (Fsp3) is 0.417. The highest BCUT2D eigenvalue weighted by Crippen LogP contribution is 2.20. The minimum absolute atomic E-state index is 0.187. The number of carbonyl (C=O) groups is 1. The second kappa shape index (κ2) is 4.85. The molecule has 0 bridgehead atoms. The Morgan fingerprint density at radius 1 is 1.47 bits per heavy atom. The normalized spacial score (nSPS) is 14.2. The van der Waals surface area contributed by atoms with Crippen molar-refractivity contribution in [3.8, 4) is 0 Å². The average Bonchev–Trinajstić information content (AvgIpc) is 3.06. The zero-order valence-electron chi connectivity index (χ0n) is 10.4. The largest absolute Gasteiger partial charge is 0.359 e. The van der Waals surface area contributed by atoms with Crippen LogP contribution in [0, 0.1) is 0 Å². The highest BCUT2D eigenvalue weighted by Gasteiger charge is 2.17. The van der Waals surface area contributed by atoms with Gasteiger partial charge in [-0.15, -0.1) is 0 Å². The standard InChI is InChI=1S/C12H15N5O2/c13-15-12(18)10-5-8(19-16-10)6-17-7-14-9-3-1-2-4-11(9)17/h5,7H,1-4,6,13H2,(H,15,18). The number of amides is 1. The Balaban J connectivity index is 1.80. The summed E-state index contributed by atoms with van der Waals surface area (Å²) in [5.74, 6) is 5.20.